The molecule has 0 saturated heterocycles. The molecule has 44 heavy (non-hydrogen) atoms. The van der Waals surface area contributed by atoms with Gasteiger partial charge in [-0.25, -0.2) is 14.8 Å². The highest BCUT2D eigenvalue weighted by molar-refractivity contribution is 5.83. The van der Waals surface area contributed by atoms with Gasteiger partial charge in [0.15, 0.2) is 0 Å². The number of nitrogens with one attached hydrogen (secondary N) is 2. The van der Waals surface area contributed by atoms with Crippen molar-refractivity contribution in [1.82, 2.24) is 20.2 Å². The van der Waals surface area contributed by atoms with E-state index >= 15 is 0 Å². The Morgan fingerprint density at radius 1 is 1.09 bits per heavy atom. The van der Waals surface area contributed by atoms with E-state index in [-0.39, 0.29) is 5.97 Å². The standard InChI is InChI=1S/C35H44N6O3/c1-27-10-2-3-14-31(27)38-26-30-13-9-24-44-35(42)32(39-30)18-22-41(23-25-43-33-15-4-6-19-36-33)21-7-5-12-29-17-16-28-11-8-20-37-34(28)40-29/h2-4,6,10,13-17,19,26,32,39H,5,7-9,11-12,18,20-25H2,1H3,(H,37,40)/b30-13-,38-26-/t32-/m0/s1. The van der Waals surface area contributed by atoms with Crippen LogP contribution in [0.2, 0.25) is 0 Å². The van der Waals surface area contributed by atoms with Gasteiger partial charge in [0.1, 0.15) is 18.5 Å². The number of hydrogen-bond acceptors (Lipinski definition) is 9. The highest BCUT2D eigenvalue weighted by Gasteiger charge is 2.23. The second-order valence-corrected chi connectivity index (χ2v) is 11.3. The third kappa shape index (κ3) is 9.64. The number of nitrogens with zero attached hydrogens (tertiary/aromatic N) is 4. The number of benzene rings is 1. The maximum Gasteiger partial charge on any atom is 0.328 e. The molecule has 0 saturated carbocycles. The summed E-state index contributed by atoms with van der Waals surface area (Å²) in [6.07, 6.45) is 12.1. The Labute approximate surface area is 260 Å². The van der Waals surface area contributed by atoms with E-state index in [2.05, 4.69) is 37.6 Å². The van der Waals surface area contributed by atoms with Gasteiger partial charge in [-0.3, -0.25) is 9.89 Å². The minimum Gasteiger partial charge on any atom is -0.476 e. The number of aromatic nitrogens is 2. The Balaban J connectivity index is 1.17. The van der Waals surface area contributed by atoms with Gasteiger partial charge in [0.25, 0.3) is 0 Å². The van der Waals surface area contributed by atoms with Crippen molar-refractivity contribution in [2.75, 3.05) is 44.7 Å². The van der Waals surface area contributed by atoms with Crippen molar-refractivity contribution in [1.29, 1.82) is 0 Å². The van der Waals surface area contributed by atoms with E-state index < -0.39 is 6.04 Å². The summed E-state index contributed by atoms with van der Waals surface area (Å²) in [7, 11) is 0. The first-order chi connectivity index (χ1) is 21.6. The number of carbonyl (C=O) groups excluding carboxylic acids is 1. The van der Waals surface area contributed by atoms with Crippen molar-refractivity contribution in [2.45, 2.75) is 57.9 Å². The first-order valence-electron chi connectivity index (χ1n) is 15.9. The van der Waals surface area contributed by atoms with Gasteiger partial charge < -0.3 is 20.1 Å². The highest BCUT2D eigenvalue weighted by atomic mass is 16.5. The van der Waals surface area contributed by atoms with Crippen LogP contribution in [-0.4, -0.2) is 72.5 Å². The molecule has 232 valence electrons. The Bertz CT molecular complexity index is 1410. The Kier molecular flexibility index (Phi) is 11.7. The van der Waals surface area contributed by atoms with Crippen molar-refractivity contribution in [3.63, 3.8) is 0 Å². The number of carbonyl (C=O) groups is 1. The fourth-order valence-corrected chi connectivity index (χ4v) is 5.43. The van der Waals surface area contributed by atoms with Crippen LogP contribution in [0.4, 0.5) is 11.5 Å². The lowest BCUT2D eigenvalue weighted by molar-refractivity contribution is -0.146. The Hall–Kier alpha value is -4.24. The van der Waals surface area contributed by atoms with Gasteiger partial charge in [0.2, 0.25) is 5.88 Å². The predicted molar refractivity (Wildman–Crippen MR) is 175 cm³/mol. The SMILES string of the molecule is Cc1ccccc1/N=C\C1=C\CCOC(=O)[C@H](CCN(CCCCc2ccc3c(n2)NCCC3)CCOc2ccccn2)N1. The van der Waals surface area contributed by atoms with E-state index in [0.29, 0.717) is 31.9 Å². The molecule has 0 radical (unpaired) electrons. The highest BCUT2D eigenvalue weighted by Crippen LogP contribution is 2.21. The molecule has 9 heteroatoms. The lowest BCUT2D eigenvalue weighted by Gasteiger charge is -2.26. The average Bonchev–Trinajstić information content (AvgIpc) is 3.05. The smallest absolute Gasteiger partial charge is 0.328 e. The van der Waals surface area contributed by atoms with Gasteiger partial charge in [0.05, 0.1) is 18.5 Å². The van der Waals surface area contributed by atoms with Crippen LogP contribution in [0.1, 0.15) is 48.9 Å². The Morgan fingerprint density at radius 2 is 2.00 bits per heavy atom. The average molecular weight is 597 g/mol. The summed E-state index contributed by atoms with van der Waals surface area (Å²) in [5.41, 5.74) is 5.31. The monoisotopic (exact) mass is 596 g/mol. The molecule has 5 rings (SSSR count). The van der Waals surface area contributed by atoms with E-state index in [9.17, 15) is 4.79 Å². The number of para-hydroxylation sites is 1. The molecule has 2 N–H and O–H groups in total. The number of cyclic esters (lactones) is 1. The third-order valence-corrected chi connectivity index (χ3v) is 7.95. The number of fused-ring (bicyclic) bond motifs is 1. The van der Waals surface area contributed by atoms with Gasteiger partial charge in [-0.2, -0.15) is 0 Å². The predicted octanol–water partition coefficient (Wildman–Crippen LogP) is 5.43. The van der Waals surface area contributed by atoms with Gasteiger partial charge >= 0.3 is 5.97 Å². The van der Waals surface area contributed by atoms with E-state index in [1.807, 2.05) is 61.7 Å². The number of aliphatic imine (C=N–C) groups is 1. The minimum atomic E-state index is -0.462. The molecule has 0 amide bonds. The molecule has 4 heterocycles. The maximum atomic E-state index is 13.0. The number of unbranched alkanes of at least 4 members (excludes halogenated alkanes) is 1. The molecule has 3 aromatic rings. The van der Waals surface area contributed by atoms with Crippen LogP contribution in [0.3, 0.4) is 0 Å². The van der Waals surface area contributed by atoms with Gasteiger partial charge in [-0.05, 0) is 81.3 Å². The molecule has 0 aliphatic carbocycles. The summed E-state index contributed by atoms with van der Waals surface area (Å²) in [4.78, 5) is 29.1. The zero-order valence-electron chi connectivity index (χ0n) is 25.7. The number of hydrogen-bond donors (Lipinski definition) is 2. The van der Waals surface area contributed by atoms with Crippen LogP contribution in [0.5, 0.6) is 5.88 Å². The lowest BCUT2D eigenvalue weighted by atomic mass is 10.1. The summed E-state index contributed by atoms with van der Waals surface area (Å²) >= 11 is 0. The van der Waals surface area contributed by atoms with Crippen molar-refractivity contribution in [3.8, 4) is 5.88 Å². The van der Waals surface area contributed by atoms with Crippen molar-refractivity contribution in [2.24, 2.45) is 4.99 Å². The van der Waals surface area contributed by atoms with E-state index in [4.69, 9.17) is 14.5 Å². The van der Waals surface area contributed by atoms with Gasteiger partial charge in [-0.1, -0.05) is 36.4 Å². The van der Waals surface area contributed by atoms with Crippen LogP contribution >= 0.6 is 0 Å². The number of aryl methyl sites for hydroxylation is 3. The number of esters is 1. The first-order valence-corrected chi connectivity index (χ1v) is 15.9. The number of pyridine rings is 2. The number of ether oxygens (including phenoxy) is 2. The third-order valence-electron chi connectivity index (χ3n) is 7.95. The largest absolute Gasteiger partial charge is 0.476 e. The number of rotatable bonds is 14. The molecule has 1 atom stereocenters. The summed E-state index contributed by atoms with van der Waals surface area (Å²) < 4.78 is 11.4. The molecule has 2 aromatic heterocycles. The van der Waals surface area contributed by atoms with Gasteiger partial charge in [-0.15, -0.1) is 0 Å². The topological polar surface area (TPSA) is 101 Å². The lowest BCUT2D eigenvalue weighted by Crippen LogP contribution is -2.42. The maximum absolute atomic E-state index is 13.0. The molecule has 0 spiro atoms. The molecule has 9 nitrogen and oxygen atoms in total. The molecule has 2 aliphatic heterocycles. The Morgan fingerprint density at radius 3 is 2.89 bits per heavy atom. The molecular weight excluding hydrogens is 552 g/mol. The zero-order valence-corrected chi connectivity index (χ0v) is 25.7. The van der Waals surface area contributed by atoms with E-state index in [1.165, 1.54) is 12.0 Å². The van der Waals surface area contributed by atoms with Crippen LogP contribution < -0.4 is 15.4 Å². The fourth-order valence-electron chi connectivity index (χ4n) is 5.43. The summed E-state index contributed by atoms with van der Waals surface area (Å²) in [6, 6.07) is 17.6. The fraction of sp³-hybridized carbons (Fsp3) is 0.429. The summed E-state index contributed by atoms with van der Waals surface area (Å²) in [6.45, 7) is 6.28. The first kappa shape index (κ1) is 31.2. The van der Waals surface area contributed by atoms with Crippen LogP contribution in [0.25, 0.3) is 0 Å². The van der Waals surface area contributed by atoms with Crippen LogP contribution in [0.15, 0.2) is 77.6 Å². The quantitative estimate of drug-likeness (QED) is 0.144. The molecule has 1 aromatic carbocycles. The van der Waals surface area contributed by atoms with Crippen molar-refractivity contribution >= 4 is 23.7 Å². The molecule has 0 bridgehead atoms. The second kappa shape index (κ2) is 16.6. The van der Waals surface area contributed by atoms with Crippen molar-refractivity contribution in [3.05, 3.63) is 89.4 Å². The number of anilines is 1. The van der Waals surface area contributed by atoms with Crippen LogP contribution in [0, 0.1) is 6.92 Å². The molecular formula is C35H44N6O3. The van der Waals surface area contributed by atoms with Crippen LogP contribution in [-0.2, 0) is 22.4 Å². The molecule has 0 fully saturated rings. The zero-order chi connectivity index (χ0) is 30.4. The summed E-state index contributed by atoms with van der Waals surface area (Å²) in [5, 5.41) is 6.84. The second-order valence-electron chi connectivity index (χ2n) is 11.3. The van der Waals surface area contributed by atoms with Gasteiger partial charge in [0, 0.05) is 49.7 Å². The van der Waals surface area contributed by atoms with E-state index in [1.54, 1.807) is 6.20 Å². The van der Waals surface area contributed by atoms with Crippen molar-refractivity contribution < 1.29 is 14.3 Å². The molecule has 0 unspecified atom stereocenters. The van der Waals surface area contributed by atoms with E-state index in [0.717, 1.165) is 80.3 Å². The normalized spacial score (nSPS) is 17.9. The molecule has 2 aliphatic rings. The summed E-state index contributed by atoms with van der Waals surface area (Å²) in [5.74, 6) is 1.45. The number of allylic oxidation sites excluding steroid dienone is 1. The minimum absolute atomic E-state index is 0.225.